The summed E-state index contributed by atoms with van der Waals surface area (Å²) < 4.78 is 13.8. The lowest BCUT2D eigenvalue weighted by Gasteiger charge is -2.18. The molecule has 0 saturated carbocycles. The first-order valence-corrected chi connectivity index (χ1v) is 18.0. The first-order valence-electron chi connectivity index (χ1n) is 18.0. The van der Waals surface area contributed by atoms with Crippen LogP contribution in [0.1, 0.15) is 96.9 Å². The number of anilines is 1. The van der Waals surface area contributed by atoms with Gasteiger partial charge in [0.1, 0.15) is 16.9 Å². The quantitative estimate of drug-likeness (QED) is 0.114. The van der Waals surface area contributed by atoms with Gasteiger partial charge >= 0.3 is 0 Å². The molecule has 276 valence electrons. The van der Waals surface area contributed by atoms with Gasteiger partial charge in [0.2, 0.25) is 5.95 Å². The van der Waals surface area contributed by atoms with E-state index in [0.717, 1.165) is 62.0 Å². The average Bonchev–Trinajstić information content (AvgIpc) is 3.76. The molecular formula is C40H47FN10O2. The summed E-state index contributed by atoms with van der Waals surface area (Å²) in [6, 6.07) is 15.8. The molecule has 2 aliphatic heterocycles. The Balaban J connectivity index is 0.000000166. The van der Waals surface area contributed by atoms with Crippen molar-refractivity contribution in [2.75, 3.05) is 18.4 Å². The number of H-pyrrole nitrogens is 2. The number of carbonyl (C=O) groups excluding carboxylic acids is 2. The van der Waals surface area contributed by atoms with Crippen LogP contribution in [0, 0.1) is 19.8 Å². The molecule has 0 fully saturated rings. The highest BCUT2D eigenvalue weighted by molar-refractivity contribution is 6.01. The Morgan fingerprint density at radius 2 is 1.17 bits per heavy atom. The van der Waals surface area contributed by atoms with E-state index in [9.17, 15) is 14.0 Å². The van der Waals surface area contributed by atoms with E-state index in [1.165, 1.54) is 0 Å². The average molecular weight is 719 g/mol. The fourth-order valence-electron chi connectivity index (χ4n) is 6.43. The van der Waals surface area contributed by atoms with Gasteiger partial charge < -0.3 is 31.7 Å². The largest absolute Gasteiger partial charge is 0.366 e. The van der Waals surface area contributed by atoms with Crippen molar-refractivity contribution in [3.8, 4) is 22.5 Å². The minimum atomic E-state index is -0.576. The van der Waals surface area contributed by atoms with Crippen LogP contribution >= 0.6 is 0 Å². The fraction of sp³-hybridized carbons (Fsp3) is 0.350. The molecule has 53 heavy (non-hydrogen) atoms. The highest BCUT2D eigenvalue weighted by atomic mass is 19.1. The second kappa shape index (κ2) is 15.1. The number of carbonyl (C=O) groups is 2. The van der Waals surface area contributed by atoms with E-state index in [0.29, 0.717) is 35.7 Å². The number of para-hydroxylation sites is 2. The summed E-state index contributed by atoms with van der Waals surface area (Å²) in [5.74, 6) is 0.572. The summed E-state index contributed by atoms with van der Waals surface area (Å²) in [5.41, 5.74) is 15.6. The summed E-state index contributed by atoms with van der Waals surface area (Å²) in [5, 5.41) is 9.15. The highest BCUT2D eigenvalue weighted by Crippen LogP contribution is 2.34. The third-order valence-corrected chi connectivity index (χ3v) is 9.00. The third-order valence-electron chi connectivity index (χ3n) is 9.00. The number of aromatic amines is 2. The lowest BCUT2D eigenvalue weighted by atomic mass is 9.99. The van der Waals surface area contributed by atoms with Crippen LogP contribution in [0.4, 0.5) is 10.2 Å². The molecule has 0 bridgehead atoms. The van der Waals surface area contributed by atoms with E-state index >= 15 is 0 Å². The topological polar surface area (TPSA) is 179 Å². The van der Waals surface area contributed by atoms with Crippen LogP contribution in [0.5, 0.6) is 0 Å². The van der Waals surface area contributed by atoms with Gasteiger partial charge in [-0.2, -0.15) is 4.39 Å². The molecule has 6 heterocycles. The number of nitrogens with one attached hydrogen (secondary N) is 5. The number of aryl methyl sites for hydroxylation is 2. The van der Waals surface area contributed by atoms with Crippen molar-refractivity contribution in [1.82, 2.24) is 40.5 Å². The van der Waals surface area contributed by atoms with Crippen molar-refractivity contribution in [1.29, 1.82) is 0 Å². The van der Waals surface area contributed by atoms with Gasteiger partial charge in [-0.1, -0.05) is 52.0 Å². The molecule has 0 radical (unpaired) electrons. The number of benzene rings is 2. The van der Waals surface area contributed by atoms with Gasteiger partial charge in [-0.05, 0) is 58.0 Å². The van der Waals surface area contributed by atoms with E-state index in [1.54, 1.807) is 19.1 Å². The first kappa shape index (κ1) is 37.1. The highest BCUT2D eigenvalue weighted by Gasteiger charge is 2.27. The Labute approximate surface area is 308 Å². The van der Waals surface area contributed by atoms with Crippen molar-refractivity contribution < 1.29 is 14.0 Å². The van der Waals surface area contributed by atoms with Gasteiger partial charge in [0.15, 0.2) is 0 Å². The summed E-state index contributed by atoms with van der Waals surface area (Å²) in [6.07, 6.45) is 0. The first-order chi connectivity index (χ1) is 25.2. The molecular weight excluding hydrogens is 672 g/mol. The molecule has 12 nitrogen and oxygen atoms in total. The van der Waals surface area contributed by atoms with E-state index in [2.05, 4.69) is 56.7 Å². The molecule has 2 aliphatic rings. The molecule has 2 aromatic carbocycles. The van der Waals surface area contributed by atoms with E-state index in [-0.39, 0.29) is 35.4 Å². The molecule has 13 heteroatoms. The summed E-state index contributed by atoms with van der Waals surface area (Å²) in [6.45, 7) is 17.0. The zero-order valence-electron chi connectivity index (χ0n) is 31.4. The summed E-state index contributed by atoms with van der Waals surface area (Å²) in [4.78, 5) is 48.8. The smallest absolute Gasteiger partial charge is 0.253 e. The Kier molecular flexibility index (Phi) is 10.6. The third kappa shape index (κ3) is 7.75. The molecule has 0 spiro atoms. The van der Waals surface area contributed by atoms with E-state index in [4.69, 9.17) is 15.7 Å². The number of halogens is 1. The Bertz CT molecular complexity index is 2320. The zero-order chi connectivity index (χ0) is 38.1. The Morgan fingerprint density at radius 1 is 0.717 bits per heavy atom. The zero-order valence-corrected chi connectivity index (χ0v) is 31.4. The second-order valence-electron chi connectivity index (χ2n) is 14.4. The predicted octanol–water partition coefficient (Wildman–Crippen LogP) is 6.87. The minimum Gasteiger partial charge on any atom is -0.366 e. The number of fused-ring (bicyclic) bond motifs is 4. The van der Waals surface area contributed by atoms with Crippen LogP contribution in [0.25, 0.3) is 44.6 Å². The molecule has 2 unspecified atom stereocenters. The molecule has 0 aliphatic carbocycles. The SMILES string of the molecule is CC(C)N.Cc1nc2cccc(-c3cc4c([nH]3)C(C)CNC4=O)c2nc1F.Cc1nc2cccc(-c3cc4c([nH]3)C(C)CNC4=O)c2nc1NC(C)C. The molecule has 2 amide bonds. The Morgan fingerprint density at radius 3 is 1.62 bits per heavy atom. The van der Waals surface area contributed by atoms with Gasteiger partial charge in [0.05, 0.1) is 33.5 Å². The number of aromatic nitrogens is 6. The van der Waals surface area contributed by atoms with Crippen molar-refractivity contribution >= 4 is 39.7 Å². The van der Waals surface area contributed by atoms with Crippen molar-refractivity contribution in [3.63, 3.8) is 0 Å². The van der Waals surface area contributed by atoms with Crippen LogP contribution in [0.2, 0.25) is 0 Å². The normalized spacial score (nSPS) is 16.3. The molecule has 0 saturated heterocycles. The van der Waals surface area contributed by atoms with Gasteiger partial charge in [0.25, 0.3) is 11.8 Å². The number of rotatable bonds is 4. The van der Waals surface area contributed by atoms with Crippen LogP contribution in [0.3, 0.4) is 0 Å². The van der Waals surface area contributed by atoms with Gasteiger partial charge in [0, 0.05) is 64.9 Å². The van der Waals surface area contributed by atoms with Crippen molar-refractivity contribution in [3.05, 3.63) is 88.4 Å². The van der Waals surface area contributed by atoms with Crippen LogP contribution < -0.4 is 21.7 Å². The summed E-state index contributed by atoms with van der Waals surface area (Å²) in [7, 11) is 0. The Hall–Kier alpha value is -5.69. The van der Waals surface area contributed by atoms with E-state index in [1.807, 2.05) is 64.1 Å². The summed E-state index contributed by atoms with van der Waals surface area (Å²) >= 11 is 0. The molecule has 7 N–H and O–H groups in total. The standard InChI is InChI=1S/C20H23N5O.C17H15FN4O.C3H9N/c1-10(2)22-19-12(4)23-15-7-5-6-13(18(15)25-19)16-8-14-17(24-16)11(3)9-21-20(14)26;1-8-7-19-17(23)11-6-13(21-14(8)11)10-4-3-5-12-15(10)22-16(18)9(2)20-12;1-3(2)4/h5-8,10-11,24H,9H2,1-4H3,(H,21,26)(H,22,25);3-6,8,21H,7H2,1-2H3,(H,19,23);3H,4H2,1-2H3. The van der Waals surface area contributed by atoms with Gasteiger partial charge in [-0.3, -0.25) is 9.59 Å². The van der Waals surface area contributed by atoms with Gasteiger partial charge in [-0.15, -0.1) is 0 Å². The number of nitrogens with two attached hydrogens (primary N) is 1. The molecule has 4 aromatic heterocycles. The number of nitrogens with zero attached hydrogens (tertiary/aromatic N) is 4. The molecule has 8 rings (SSSR count). The number of amides is 2. The number of hydrogen-bond donors (Lipinski definition) is 6. The van der Waals surface area contributed by atoms with Gasteiger partial charge in [-0.25, -0.2) is 19.9 Å². The van der Waals surface area contributed by atoms with Crippen LogP contribution in [-0.2, 0) is 0 Å². The lowest BCUT2D eigenvalue weighted by Crippen LogP contribution is -2.33. The second-order valence-corrected chi connectivity index (χ2v) is 14.4. The van der Waals surface area contributed by atoms with Crippen molar-refractivity contribution in [2.45, 2.75) is 79.3 Å². The van der Waals surface area contributed by atoms with Crippen LogP contribution in [0.15, 0.2) is 48.5 Å². The van der Waals surface area contributed by atoms with Crippen LogP contribution in [-0.4, -0.2) is 66.9 Å². The monoisotopic (exact) mass is 718 g/mol. The predicted molar refractivity (Wildman–Crippen MR) is 208 cm³/mol. The number of hydrogen-bond acceptors (Lipinski definition) is 8. The molecule has 6 aromatic rings. The maximum atomic E-state index is 13.8. The van der Waals surface area contributed by atoms with E-state index < -0.39 is 5.95 Å². The maximum absolute atomic E-state index is 13.8. The lowest BCUT2D eigenvalue weighted by molar-refractivity contribution is 0.0933. The fourth-order valence-corrected chi connectivity index (χ4v) is 6.43. The molecule has 2 atom stereocenters. The minimum absolute atomic E-state index is 0.0232. The van der Waals surface area contributed by atoms with Crippen molar-refractivity contribution in [2.24, 2.45) is 5.73 Å². The maximum Gasteiger partial charge on any atom is 0.253 e.